The van der Waals surface area contributed by atoms with E-state index in [1.807, 2.05) is 19.1 Å². The standard InChI is InChI=1S/C11H10O3/c1-8-2-3-9(13-8)6-10-4-5-11(7-12)14-10/h2-5,7H,6H2,1H3. The fourth-order valence-corrected chi connectivity index (χ4v) is 1.30. The van der Waals surface area contributed by atoms with E-state index in [0.717, 1.165) is 17.3 Å². The Kier molecular flexibility index (Phi) is 2.23. The summed E-state index contributed by atoms with van der Waals surface area (Å²) in [4.78, 5) is 10.4. The smallest absolute Gasteiger partial charge is 0.185 e. The summed E-state index contributed by atoms with van der Waals surface area (Å²) in [5.41, 5.74) is 0. The van der Waals surface area contributed by atoms with Gasteiger partial charge in [0.05, 0.1) is 6.42 Å². The van der Waals surface area contributed by atoms with E-state index in [0.29, 0.717) is 18.5 Å². The summed E-state index contributed by atoms with van der Waals surface area (Å²) < 4.78 is 10.6. The minimum Gasteiger partial charge on any atom is -0.466 e. The van der Waals surface area contributed by atoms with Gasteiger partial charge in [0, 0.05) is 0 Å². The number of aldehydes is 1. The van der Waals surface area contributed by atoms with Gasteiger partial charge in [-0.25, -0.2) is 0 Å². The van der Waals surface area contributed by atoms with Crippen molar-refractivity contribution in [1.29, 1.82) is 0 Å². The molecule has 0 aliphatic rings. The van der Waals surface area contributed by atoms with E-state index in [1.54, 1.807) is 12.1 Å². The number of hydrogen-bond acceptors (Lipinski definition) is 3. The van der Waals surface area contributed by atoms with Crippen molar-refractivity contribution in [3.8, 4) is 0 Å². The maximum atomic E-state index is 10.4. The van der Waals surface area contributed by atoms with Gasteiger partial charge in [-0.3, -0.25) is 4.79 Å². The minimum absolute atomic E-state index is 0.350. The first-order valence-corrected chi connectivity index (χ1v) is 4.37. The molecule has 0 saturated carbocycles. The van der Waals surface area contributed by atoms with Crippen molar-refractivity contribution in [2.24, 2.45) is 0 Å². The van der Waals surface area contributed by atoms with Crippen LogP contribution in [0, 0.1) is 6.92 Å². The Morgan fingerprint density at radius 1 is 1.14 bits per heavy atom. The zero-order chi connectivity index (χ0) is 9.97. The SMILES string of the molecule is Cc1ccc(Cc2ccc(C=O)o2)o1. The largest absolute Gasteiger partial charge is 0.466 e. The van der Waals surface area contributed by atoms with Gasteiger partial charge in [-0.1, -0.05) is 0 Å². The first-order chi connectivity index (χ1) is 6.78. The van der Waals surface area contributed by atoms with Crippen LogP contribution in [0.2, 0.25) is 0 Å². The molecule has 0 aliphatic heterocycles. The highest BCUT2D eigenvalue weighted by atomic mass is 16.4. The number of hydrogen-bond donors (Lipinski definition) is 0. The molecule has 0 radical (unpaired) electrons. The lowest BCUT2D eigenvalue weighted by molar-refractivity contribution is 0.109. The van der Waals surface area contributed by atoms with Gasteiger partial charge in [0.25, 0.3) is 0 Å². The second kappa shape index (κ2) is 3.54. The molecule has 0 fully saturated rings. The van der Waals surface area contributed by atoms with Crippen LogP contribution in [0.5, 0.6) is 0 Å². The van der Waals surface area contributed by atoms with Gasteiger partial charge >= 0.3 is 0 Å². The first-order valence-electron chi connectivity index (χ1n) is 4.37. The molecule has 2 rings (SSSR count). The topological polar surface area (TPSA) is 43.4 Å². The van der Waals surface area contributed by atoms with Crippen molar-refractivity contribution >= 4 is 6.29 Å². The van der Waals surface area contributed by atoms with Crippen molar-refractivity contribution in [3.63, 3.8) is 0 Å². The fourth-order valence-electron chi connectivity index (χ4n) is 1.30. The number of rotatable bonds is 3. The molecule has 0 spiro atoms. The van der Waals surface area contributed by atoms with Crippen molar-refractivity contribution < 1.29 is 13.6 Å². The monoisotopic (exact) mass is 190 g/mol. The number of carbonyl (C=O) groups excluding carboxylic acids is 1. The lowest BCUT2D eigenvalue weighted by Crippen LogP contribution is -1.81. The Morgan fingerprint density at radius 3 is 2.43 bits per heavy atom. The second-order valence-corrected chi connectivity index (χ2v) is 3.11. The molecule has 0 bridgehead atoms. The van der Waals surface area contributed by atoms with Crippen molar-refractivity contribution in [2.45, 2.75) is 13.3 Å². The van der Waals surface area contributed by atoms with E-state index in [-0.39, 0.29) is 0 Å². The molecule has 14 heavy (non-hydrogen) atoms. The Bertz CT molecular complexity index is 437. The molecule has 0 N–H and O–H groups in total. The van der Waals surface area contributed by atoms with Crippen LogP contribution in [-0.2, 0) is 6.42 Å². The van der Waals surface area contributed by atoms with Crippen LogP contribution in [-0.4, -0.2) is 6.29 Å². The third-order valence-electron chi connectivity index (χ3n) is 1.94. The van der Waals surface area contributed by atoms with E-state index in [2.05, 4.69) is 0 Å². The van der Waals surface area contributed by atoms with Gasteiger partial charge in [0.1, 0.15) is 17.3 Å². The fraction of sp³-hybridized carbons (Fsp3) is 0.182. The molecule has 0 atom stereocenters. The number of carbonyl (C=O) groups is 1. The second-order valence-electron chi connectivity index (χ2n) is 3.11. The van der Waals surface area contributed by atoms with E-state index < -0.39 is 0 Å². The Morgan fingerprint density at radius 2 is 1.86 bits per heavy atom. The highest BCUT2D eigenvalue weighted by Crippen LogP contribution is 2.14. The summed E-state index contributed by atoms with van der Waals surface area (Å²) in [6.07, 6.45) is 1.28. The van der Waals surface area contributed by atoms with Crippen LogP contribution in [0.4, 0.5) is 0 Å². The summed E-state index contributed by atoms with van der Waals surface area (Å²) in [6, 6.07) is 7.23. The quantitative estimate of drug-likeness (QED) is 0.698. The Balaban J connectivity index is 2.14. The molecule has 0 aromatic carbocycles. The molecule has 0 saturated heterocycles. The predicted octanol–water partition coefficient (Wildman–Crippen LogP) is 2.58. The average Bonchev–Trinajstić information content (AvgIpc) is 2.76. The third-order valence-corrected chi connectivity index (χ3v) is 1.94. The summed E-state index contributed by atoms with van der Waals surface area (Å²) in [5, 5.41) is 0. The highest BCUT2D eigenvalue weighted by molar-refractivity contribution is 5.70. The Labute approximate surface area is 81.3 Å². The van der Waals surface area contributed by atoms with Crippen LogP contribution in [0.3, 0.4) is 0 Å². The molecule has 0 aliphatic carbocycles. The van der Waals surface area contributed by atoms with Gasteiger partial charge < -0.3 is 8.83 Å². The first kappa shape index (κ1) is 8.81. The maximum absolute atomic E-state index is 10.4. The molecule has 0 amide bonds. The minimum atomic E-state index is 0.350. The van der Waals surface area contributed by atoms with Gasteiger partial charge in [-0.2, -0.15) is 0 Å². The molecule has 72 valence electrons. The molecule has 2 aromatic heterocycles. The van der Waals surface area contributed by atoms with Crippen molar-refractivity contribution in [1.82, 2.24) is 0 Å². The van der Waals surface area contributed by atoms with Gasteiger partial charge in [0.2, 0.25) is 0 Å². The van der Waals surface area contributed by atoms with E-state index in [9.17, 15) is 4.79 Å². The highest BCUT2D eigenvalue weighted by Gasteiger charge is 2.04. The zero-order valence-corrected chi connectivity index (χ0v) is 7.82. The van der Waals surface area contributed by atoms with Gasteiger partial charge in [0.15, 0.2) is 12.0 Å². The third kappa shape index (κ3) is 1.76. The van der Waals surface area contributed by atoms with Crippen LogP contribution < -0.4 is 0 Å². The predicted molar refractivity (Wildman–Crippen MR) is 50.3 cm³/mol. The molecule has 2 aromatic rings. The zero-order valence-electron chi connectivity index (χ0n) is 7.82. The van der Waals surface area contributed by atoms with Crippen molar-refractivity contribution in [2.75, 3.05) is 0 Å². The molecule has 3 heteroatoms. The summed E-state index contributed by atoms with van der Waals surface area (Å²) in [5.74, 6) is 2.81. The molecule has 3 nitrogen and oxygen atoms in total. The van der Waals surface area contributed by atoms with Crippen LogP contribution in [0.1, 0.15) is 27.8 Å². The average molecular weight is 190 g/mol. The van der Waals surface area contributed by atoms with E-state index in [1.165, 1.54) is 0 Å². The lowest BCUT2D eigenvalue weighted by atomic mass is 10.3. The van der Waals surface area contributed by atoms with Crippen LogP contribution in [0.25, 0.3) is 0 Å². The van der Waals surface area contributed by atoms with Gasteiger partial charge in [-0.05, 0) is 31.2 Å². The molecule has 0 unspecified atom stereocenters. The summed E-state index contributed by atoms with van der Waals surface area (Å²) in [7, 11) is 0. The lowest BCUT2D eigenvalue weighted by Gasteiger charge is -1.91. The molecular formula is C11H10O3. The van der Waals surface area contributed by atoms with E-state index >= 15 is 0 Å². The summed E-state index contributed by atoms with van der Waals surface area (Å²) >= 11 is 0. The normalized spacial score (nSPS) is 10.4. The number of furan rings is 2. The van der Waals surface area contributed by atoms with Crippen LogP contribution in [0.15, 0.2) is 33.1 Å². The van der Waals surface area contributed by atoms with Crippen molar-refractivity contribution in [3.05, 3.63) is 47.3 Å². The molecular weight excluding hydrogens is 180 g/mol. The van der Waals surface area contributed by atoms with E-state index in [4.69, 9.17) is 8.83 Å². The van der Waals surface area contributed by atoms with Gasteiger partial charge in [-0.15, -0.1) is 0 Å². The Hall–Kier alpha value is -1.77. The van der Waals surface area contributed by atoms with Crippen LogP contribution >= 0.6 is 0 Å². The molecule has 2 heterocycles. The maximum Gasteiger partial charge on any atom is 0.185 e. The number of aryl methyl sites for hydroxylation is 1. The summed E-state index contributed by atoms with van der Waals surface area (Å²) in [6.45, 7) is 1.89.